The monoisotopic (exact) mass is 346 g/mol. The Kier molecular flexibility index (Phi) is 5.58. The van der Waals surface area contributed by atoms with Gasteiger partial charge in [-0.25, -0.2) is 0 Å². The minimum Gasteiger partial charge on any atom is -0.488 e. The Morgan fingerprint density at radius 2 is 1.84 bits per heavy atom. The number of benzene rings is 1. The van der Waals surface area contributed by atoms with Gasteiger partial charge in [0.25, 0.3) is 0 Å². The zero-order valence-electron chi connectivity index (χ0n) is 14.9. The molecule has 0 saturated carbocycles. The molecule has 2 heterocycles. The SMILES string of the molecule is CC(C)C(=O)N1C[C@@H](Oc2ccccc2)C[C@H]1C(=O)N1CCOCC1. The Morgan fingerprint density at radius 1 is 1.16 bits per heavy atom. The number of likely N-dealkylation sites (tertiary alicyclic amines) is 1. The molecule has 136 valence electrons. The van der Waals surface area contributed by atoms with E-state index in [0.717, 1.165) is 5.75 Å². The van der Waals surface area contributed by atoms with E-state index in [9.17, 15) is 9.59 Å². The number of ether oxygens (including phenoxy) is 2. The Morgan fingerprint density at radius 3 is 2.48 bits per heavy atom. The Hall–Kier alpha value is -2.08. The predicted octanol–water partition coefficient (Wildman–Crippen LogP) is 1.55. The predicted molar refractivity (Wildman–Crippen MR) is 93.2 cm³/mol. The van der Waals surface area contributed by atoms with Crippen molar-refractivity contribution in [1.29, 1.82) is 0 Å². The minimum absolute atomic E-state index is 0.00534. The lowest BCUT2D eigenvalue weighted by molar-refractivity contribution is -0.147. The second-order valence-electron chi connectivity index (χ2n) is 6.89. The van der Waals surface area contributed by atoms with Gasteiger partial charge in [0.1, 0.15) is 17.9 Å². The van der Waals surface area contributed by atoms with Gasteiger partial charge in [0.05, 0.1) is 19.8 Å². The van der Waals surface area contributed by atoms with Crippen LogP contribution in [0.3, 0.4) is 0 Å². The van der Waals surface area contributed by atoms with Crippen LogP contribution in [0.5, 0.6) is 5.75 Å². The van der Waals surface area contributed by atoms with E-state index in [0.29, 0.717) is 39.3 Å². The molecule has 6 heteroatoms. The number of morpholine rings is 1. The van der Waals surface area contributed by atoms with Gasteiger partial charge in [-0.15, -0.1) is 0 Å². The fraction of sp³-hybridized carbons (Fsp3) is 0.579. The van der Waals surface area contributed by atoms with Crippen molar-refractivity contribution in [1.82, 2.24) is 9.80 Å². The first-order valence-electron chi connectivity index (χ1n) is 8.95. The van der Waals surface area contributed by atoms with Gasteiger partial charge < -0.3 is 19.3 Å². The zero-order chi connectivity index (χ0) is 17.8. The molecule has 2 aliphatic rings. The first-order chi connectivity index (χ1) is 12.1. The van der Waals surface area contributed by atoms with Gasteiger partial charge in [-0.1, -0.05) is 32.0 Å². The number of carbonyl (C=O) groups excluding carboxylic acids is 2. The van der Waals surface area contributed by atoms with Crippen molar-refractivity contribution in [2.24, 2.45) is 5.92 Å². The molecule has 0 N–H and O–H groups in total. The van der Waals surface area contributed by atoms with Crippen molar-refractivity contribution >= 4 is 11.8 Å². The van der Waals surface area contributed by atoms with Gasteiger partial charge in [0.15, 0.2) is 0 Å². The van der Waals surface area contributed by atoms with Gasteiger partial charge in [-0.2, -0.15) is 0 Å². The normalized spacial score (nSPS) is 23.8. The molecular formula is C19H26N2O4. The van der Waals surface area contributed by atoms with E-state index in [1.807, 2.05) is 44.2 Å². The van der Waals surface area contributed by atoms with Crippen molar-refractivity contribution in [2.45, 2.75) is 32.4 Å². The Balaban J connectivity index is 1.73. The third-order valence-corrected chi connectivity index (χ3v) is 4.69. The maximum absolute atomic E-state index is 13.0. The first kappa shape index (κ1) is 17.7. The van der Waals surface area contributed by atoms with Crippen LogP contribution < -0.4 is 4.74 Å². The summed E-state index contributed by atoms with van der Waals surface area (Å²) in [5.74, 6) is 0.640. The molecule has 2 amide bonds. The van der Waals surface area contributed by atoms with Gasteiger partial charge in [-0.05, 0) is 12.1 Å². The molecule has 3 rings (SSSR count). The van der Waals surface area contributed by atoms with Gasteiger partial charge in [0.2, 0.25) is 11.8 Å². The van der Waals surface area contributed by atoms with Crippen molar-refractivity contribution in [2.75, 3.05) is 32.8 Å². The number of para-hydroxylation sites is 1. The van der Waals surface area contributed by atoms with Crippen LogP contribution in [0.15, 0.2) is 30.3 Å². The quantitative estimate of drug-likeness (QED) is 0.830. The van der Waals surface area contributed by atoms with E-state index in [-0.39, 0.29) is 23.8 Å². The topological polar surface area (TPSA) is 59.1 Å². The highest BCUT2D eigenvalue weighted by Gasteiger charge is 2.43. The van der Waals surface area contributed by atoms with Crippen molar-refractivity contribution in [3.8, 4) is 5.75 Å². The van der Waals surface area contributed by atoms with E-state index in [2.05, 4.69) is 0 Å². The van der Waals surface area contributed by atoms with Crippen LogP contribution in [0, 0.1) is 5.92 Å². The molecule has 2 saturated heterocycles. The average Bonchev–Trinajstić information content (AvgIpc) is 3.05. The molecule has 1 aromatic carbocycles. The summed E-state index contributed by atoms with van der Waals surface area (Å²) >= 11 is 0. The average molecular weight is 346 g/mol. The van der Waals surface area contributed by atoms with E-state index >= 15 is 0 Å². The zero-order valence-corrected chi connectivity index (χ0v) is 14.9. The molecule has 2 fully saturated rings. The number of hydrogen-bond donors (Lipinski definition) is 0. The van der Waals surface area contributed by atoms with Gasteiger partial charge in [0, 0.05) is 25.4 Å². The lowest BCUT2D eigenvalue weighted by Gasteiger charge is -2.32. The lowest BCUT2D eigenvalue weighted by atomic mass is 10.1. The third kappa shape index (κ3) is 4.12. The van der Waals surface area contributed by atoms with Crippen molar-refractivity contribution in [3.05, 3.63) is 30.3 Å². The summed E-state index contributed by atoms with van der Waals surface area (Å²) in [7, 11) is 0. The molecule has 0 radical (unpaired) electrons. The molecule has 0 bridgehead atoms. The summed E-state index contributed by atoms with van der Waals surface area (Å²) < 4.78 is 11.3. The van der Waals surface area contributed by atoms with E-state index in [4.69, 9.17) is 9.47 Å². The second kappa shape index (κ2) is 7.87. The largest absolute Gasteiger partial charge is 0.488 e. The van der Waals surface area contributed by atoms with Crippen LogP contribution in [0.2, 0.25) is 0 Å². The molecule has 1 aromatic rings. The van der Waals surface area contributed by atoms with E-state index < -0.39 is 6.04 Å². The van der Waals surface area contributed by atoms with Gasteiger partial charge >= 0.3 is 0 Å². The minimum atomic E-state index is -0.443. The van der Waals surface area contributed by atoms with Crippen LogP contribution in [0.4, 0.5) is 0 Å². The highest BCUT2D eigenvalue weighted by Crippen LogP contribution is 2.26. The standard InChI is InChI=1S/C19H26N2O4/c1-14(2)18(22)21-13-16(25-15-6-4-3-5-7-15)12-17(21)19(23)20-8-10-24-11-9-20/h3-7,14,16-17H,8-13H2,1-2H3/t16-,17-/m0/s1. The molecule has 2 aliphatic heterocycles. The maximum atomic E-state index is 13.0. The van der Waals surface area contributed by atoms with Crippen molar-refractivity contribution in [3.63, 3.8) is 0 Å². The summed E-state index contributed by atoms with van der Waals surface area (Å²) in [5.41, 5.74) is 0. The van der Waals surface area contributed by atoms with Crippen molar-refractivity contribution < 1.29 is 19.1 Å². The highest BCUT2D eigenvalue weighted by atomic mass is 16.5. The smallest absolute Gasteiger partial charge is 0.245 e. The van der Waals surface area contributed by atoms with Crippen LogP contribution in [-0.2, 0) is 14.3 Å². The Labute approximate surface area is 148 Å². The number of carbonyl (C=O) groups is 2. The third-order valence-electron chi connectivity index (χ3n) is 4.69. The molecule has 25 heavy (non-hydrogen) atoms. The second-order valence-corrected chi connectivity index (χ2v) is 6.89. The number of nitrogens with zero attached hydrogens (tertiary/aromatic N) is 2. The molecular weight excluding hydrogens is 320 g/mol. The molecule has 0 aromatic heterocycles. The molecule has 0 spiro atoms. The molecule has 6 nitrogen and oxygen atoms in total. The molecule has 0 unspecified atom stereocenters. The summed E-state index contributed by atoms with van der Waals surface area (Å²) in [4.78, 5) is 29.1. The Bertz CT molecular complexity index is 599. The van der Waals surface area contributed by atoms with E-state index in [1.165, 1.54) is 0 Å². The van der Waals surface area contributed by atoms with E-state index in [1.54, 1.807) is 9.80 Å². The number of amides is 2. The van der Waals surface area contributed by atoms with Crippen LogP contribution in [0.1, 0.15) is 20.3 Å². The number of hydrogen-bond acceptors (Lipinski definition) is 4. The fourth-order valence-electron chi connectivity index (χ4n) is 3.38. The lowest BCUT2D eigenvalue weighted by Crippen LogP contribution is -2.51. The molecule has 0 aliphatic carbocycles. The summed E-state index contributed by atoms with van der Waals surface area (Å²) in [6, 6.07) is 9.11. The van der Waals surface area contributed by atoms with Crippen LogP contribution >= 0.6 is 0 Å². The maximum Gasteiger partial charge on any atom is 0.245 e. The molecule has 2 atom stereocenters. The van der Waals surface area contributed by atoms with Crippen LogP contribution in [0.25, 0.3) is 0 Å². The van der Waals surface area contributed by atoms with Gasteiger partial charge in [-0.3, -0.25) is 9.59 Å². The van der Waals surface area contributed by atoms with Crippen LogP contribution in [-0.4, -0.2) is 66.6 Å². The summed E-state index contributed by atoms with van der Waals surface area (Å²) in [6.07, 6.45) is 0.365. The number of rotatable bonds is 4. The summed E-state index contributed by atoms with van der Waals surface area (Å²) in [6.45, 7) is 6.47. The highest BCUT2D eigenvalue weighted by molar-refractivity contribution is 5.89. The fourth-order valence-corrected chi connectivity index (χ4v) is 3.38. The summed E-state index contributed by atoms with van der Waals surface area (Å²) in [5, 5.41) is 0. The first-order valence-corrected chi connectivity index (χ1v) is 8.95.